The Kier molecular flexibility index (Phi) is 13.9. The van der Waals surface area contributed by atoms with Gasteiger partial charge < -0.3 is 14.6 Å². The molecule has 1 saturated heterocycles. The van der Waals surface area contributed by atoms with E-state index in [0.29, 0.717) is 26.1 Å². The summed E-state index contributed by atoms with van der Waals surface area (Å²) in [5, 5.41) is 9.65. The van der Waals surface area contributed by atoms with Crippen molar-refractivity contribution in [1.29, 1.82) is 0 Å². The zero-order valence-corrected chi connectivity index (χ0v) is 18.0. The molecule has 0 bridgehead atoms. The Bertz CT molecular complexity index is 371. The van der Waals surface area contributed by atoms with Crippen LogP contribution < -0.4 is 0 Å². The Morgan fingerprint density at radius 1 is 0.852 bits per heavy atom. The van der Waals surface area contributed by atoms with Gasteiger partial charge >= 0.3 is 5.97 Å². The van der Waals surface area contributed by atoms with E-state index in [0.717, 1.165) is 12.8 Å². The molecule has 160 valence electrons. The molecule has 0 spiro atoms. The predicted octanol–water partition coefficient (Wildman–Crippen LogP) is 6.51. The van der Waals surface area contributed by atoms with Crippen LogP contribution in [-0.2, 0) is 14.3 Å². The fourth-order valence-electron chi connectivity index (χ4n) is 4.10. The van der Waals surface area contributed by atoms with Crippen LogP contribution in [0.4, 0.5) is 0 Å². The van der Waals surface area contributed by atoms with Crippen LogP contribution in [0.15, 0.2) is 0 Å². The summed E-state index contributed by atoms with van der Waals surface area (Å²) in [5.74, 6) is -0.824. The van der Waals surface area contributed by atoms with Crippen molar-refractivity contribution in [2.75, 3.05) is 13.2 Å². The van der Waals surface area contributed by atoms with Gasteiger partial charge in [-0.05, 0) is 19.8 Å². The van der Waals surface area contributed by atoms with E-state index in [1.165, 1.54) is 77.0 Å². The van der Waals surface area contributed by atoms with Crippen molar-refractivity contribution in [2.45, 2.75) is 128 Å². The Balaban J connectivity index is 1.99. The van der Waals surface area contributed by atoms with E-state index >= 15 is 0 Å². The number of aliphatic carboxylic acids is 1. The maximum atomic E-state index is 11.8. The molecule has 1 rings (SSSR count). The highest BCUT2D eigenvalue weighted by Crippen LogP contribution is 2.29. The monoisotopic (exact) mass is 384 g/mol. The summed E-state index contributed by atoms with van der Waals surface area (Å²) in [7, 11) is 0. The van der Waals surface area contributed by atoms with Crippen molar-refractivity contribution in [3.8, 4) is 0 Å². The van der Waals surface area contributed by atoms with Crippen LogP contribution in [-0.4, -0.2) is 36.0 Å². The van der Waals surface area contributed by atoms with E-state index in [4.69, 9.17) is 9.47 Å². The molecule has 0 radical (unpaired) electrons. The molecule has 4 nitrogen and oxygen atoms in total. The second-order valence-electron chi connectivity index (χ2n) is 8.38. The average Bonchev–Trinajstić information content (AvgIpc) is 2.84. The Morgan fingerprint density at radius 2 is 1.33 bits per heavy atom. The topological polar surface area (TPSA) is 55.8 Å². The number of rotatable bonds is 16. The molecular weight excluding hydrogens is 340 g/mol. The second kappa shape index (κ2) is 15.3. The molecule has 4 heteroatoms. The summed E-state index contributed by atoms with van der Waals surface area (Å²) >= 11 is 0. The van der Waals surface area contributed by atoms with Crippen LogP contribution in [0.25, 0.3) is 0 Å². The van der Waals surface area contributed by atoms with Crippen molar-refractivity contribution in [3.05, 3.63) is 0 Å². The van der Waals surface area contributed by atoms with E-state index < -0.39 is 11.6 Å². The maximum absolute atomic E-state index is 11.8. The molecule has 0 amide bonds. The van der Waals surface area contributed by atoms with Gasteiger partial charge in [0.1, 0.15) is 0 Å². The number of carbonyl (C=O) groups is 1. The minimum atomic E-state index is -1.03. The molecule has 2 atom stereocenters. The standard InChI is InChI=1S/C23H44O4/c1-3-4-5-6-7-8-9-10-11-12-13-14-15-16-17-23(22(24)25)20-21(2)26-18-19-27-23/h21H,3-20H2,1-2H3,(H,24,25). The van der Waals surface area contributed by atoms with Gasteiger partial charge in [0.05, 0.1) is 19.3 Å². The van der Waals surface area contributed by atoms with E-state index in [2.05, 4.69) is 6.92 Å². The Hall–Kier alpha value is -0.610. The lowest BCUT2D eigenvalue weighted by atomic mass is 9.90. The van der Waals surface area contributed by atoms with Crippen LogP contribution in [0.5, 0.6) is 0 Å². The van der Waals surface area contributed by atoms with Crippen LogP contribution >= 0.6 is 0 Å². The van der Waals surface area contributed by atoms with Crippen LogP contribution in [0.1, 0.15) is 117 Å². The van der Waals surface area contributed by atoms with Gasteiger partial charge in [-0.2, -0.15) is 0 Å². The molecular formula is C23H44O4. The van der Waals surface area contributed by atoms with Gasteiger partial charge in [0.25, 0.3) is 0 Å². The largest absolute Gasteiger partial charge is 0.479 e. The minimum Gasteiger partial charge on any atom is -0.479 e. The lowest BCUT2D eigenvalue weighted by Gasteiger charge is -2.29. The zero-order valence-electron chi connectivity index (χ0n) is 18.0. The molecule has 1 aliphatic heterocycles. The van der Waals surface area contributed by atoms with E-state index in [-0.39, 0.29) is 6.10 Å². The molecule has 0 aromatic carbocycles. The molecule has 27 heavy (non-hydrogen) atoms. The first-order valence-electron chi connectivity index (χ1n) is 11.6. The first kappa shape index (κ1) is 24.4. The fourth-order valence-corrected chi connectivity index (χ4v) is 4.10. The number of hydrogen-bond donors (Lipinski definition) is 1. The van der Waals surface area contributed by atoms with Gasteiger partial charge in [0, 0.05) is 6.42 Å². The molecule has 2 unspecified atom stereocenters. The summed E-state index contributed by atoms with van der Waals surface area (Å²) in [5.41, 5.74) is -1.03. The minimum absolute atomic E-state index is 0.0461. The Morgan fingerprint density at radius 3 is 1.81 bits per heavy atom. The normalized spacial score (nSPS) is 23.3. The number of carboxylic acids is 1. The lowest BCUT2D eigenvalue weighted by molar-refractivity contribution is -0.167. The number of carboxylic acid groups (broad SMARTS) is 1. The van der Waals surface area contributed by atoms with Gasteiger partial charge in [-0.1, -0.05) is 90.4 Å². The second-order valence-corrected chi connectivity index (χ2v) is 8.38. The fraction of sp³-hybridized carbons (Fsp3) is 0.957. The third-order valence-electron chi connectivity index (χ3n) is 5.81. The number of unbranched alkanes of at least 4 members (excludes halogenated alkanes) is 13. The van der Waals surface area contributed by atoms with Gasteiger partial charge in [-0.3, -0.25) is 0 Å². The Labute approximate surface area is 167 Å². The molecule has 1 heterocycles. The number of hydrogen-bond acceptors (Lipinski definition) is 3. The van der Waals surface area contributed by atoms with Crippen molar-refractivity contribution < 1.29 is 19.4 Å². The molecule has 1 fully saturated rings. The van der Waals surface area contributed by atoms with Gasteiger partial charge in [0.15, 0.2) is 5.60 Å². The van der Waals surface area contributed by atoms with E-state index in [9.17, 15) is 9.90 Å². The van der Waals surface area contributed by atoms with E-state index in [1.54, 1.807) is 0 Å². The summed E-state index contributed by atoms with van der Waals surface area (Å²) in [4.78, 5) is 11.8. The van der Waals surface area contributed by atoms with Crippen molar-refractivity contribution in [3.63, 3.8) is 0 Å². The molecule has 0 aromatic heterocycles. The van der Waals surface area contributed by atoms with Crippen molar-refractivity contribution >= 4 is 5.97 Å². The smallest absolute Gasteiger partial charge is 0.336 e. The highest BCUT2D eigenvalue weighted by Gasteiger charge is 2.42. The van der Waals surface area contributed by atoms with Crippen LogP contribution in [0, 0.1) is 0 Å². The first-order chi connectivity index (χ1) is 13.1. The third-order valence-corrected chi connectivity index (χ3v) is 5.81. The molecule has 0 aliphatic carbocycles. The summed E-state index contributed by atoms with van der Waals surface area (Å²) < 4.78 is 11.3. The molecule has 0 saturated carbocycles. The van der Waals surface area contributed by atoms with E-state index in [1.807, 2.05) is 6.92 Å². The highest BCUT2D eigenvalue weighted by molar-refractivity contribution is 5.77. The summed E-state index contributed by atoms with van der Waals surface area (Å²) in [6, 6.07) is 0. The predicted molar refractivity (Wildman–Crippen MR) is 111 cm³/mol. The first-order valence-corrected chi connectivity index (χ1v) is 11.6. The quantitative estimate of drug-likeness (QED) is 0.308. The van der Waals surface area contributed by atoms with Gasteiger partial charge in [-0.15, -0.1) is 0 Å². The zero-order chi connectivity index (χ0) is 19.8. The van der Waals surface area contributed by atoms with Crippen LogP contribution in [0.2, 0.25) is 0 Å². The molecule has 0 aromatic rings. The van der Waals surface area contributed by atoms with Gasteiger partial charge in [0.2, 0.25) is 0 Å². The molecule has 1 N–H and O–H groups in total. The summed E-state index contributed by atoms with van der Waals surface area (Å²) in [6.45, 7) is 5.09. The summed E-state index contributed by atoms with van der Waals surface area (Å²) in [6.07, 6.45) is 19.4. The average molecular weight is 385 g/mol. The van der Waals surface area contributed by atoms with Crippen molar-refractivity contribution in [1.82, 2.24) is 0 Å². The molecule has 1 aliphatic rings. The van der Waals surface area contributed by atoms with Crippen LogP contribution in [0.3, 0.4) is 0 Å². The highest BCUT2D eigenvalue weighted by atomic mass is 16.6. The number of ether oxygens (including phenoxy) is 2. The third kappa shape index (κ3) is 11.1. The lowest BCUT2D eigenvalue weighted by Crippen LogP contribution is -2.43. The SMILES string of the molecule is CCCCCCCCCCCCCCCCC1(C(=O)O)CC(C)OCCO1. The maximum Gasteiger partial charge on any atom is 0.336 e. The van der Waals surface area contributed by atoms with Crippen molar-refractivity contribution in [2.24, 2.45) is 0 Å². The van der Waals surface area contributed by atoms with Gasteiger partial charge in [-0.25, -0.2) is 4.79 Å².